The van der Waals surface area contributed by atoms with E-state index in [1.54, 1.807) is 11.3 Å². The first-order valence-electron chi connectivity index (χ1n) is 6.09. The lowest BCUT2D eigenvalue weighted by Crippen LogP contribution is -2.11. The molecule has 18 heavy (non-hydrogen) atoms. The maximum absolute atomic E-state index is 4.69. The van der Waals surface area contributed by atoms with Crippen molar-refractivity contribution in [3.05, 3.63) is 34.3 Å². The average Bonchev–Trinajstić information content (AvgIpc) is 2.88. The van der Waals surface area contributed by atoms with E-state index >= 15 is 0 Å². The Morgan fingerprint density at radius 2 is 2.17 bits per heavy atom. The molecule has 0 aliphatic carbocycles. The maximum Gasteiger partial charge on any atom is 0.113 e. The van der Waals surface area contributed by atoms with Crippen LogP contribution in [0.3, 0.4) is 0 Å². The van der Waals surface area contributed by atoms with Crippen molar-refractivity contribution in [2.45, 2.75) is 39.3 Å². The minimum Gasteiger partial charge on any atom is -0.330 e. The van der Waals surface area contributed by atoms with E-state index in [1.807, 2.05) is 13.4 Å². The molecule has 2 rings (SSSR count). The molecule has 0 bridgehead atoms. The standard InChI is InChI=1S/C13H20N4S/c1-13(2,3)11-8-18-12(16-11)7-17-6-10(5-14-4)15-9-17/h6,8-9,14H,5,7H2,1-4H3. The van der Waals surface area contributed by atoms with Crippen LogP contribution < -0.4 is 5.32 Å². The van der Waals surface area contributed by atoms with Crippen molar-refractivity contribution >= 4 is 11.3 Å². The van der Waals surface area contributed by atoms with Gasteiger partial charge >= 0.3 is 0 Å². The van der Waals surface area contributed by atoms with Gasteiger partial charge in [0.1, 0.15) is 5.01 Å². The summed E-state index contributed by atoms with van der Waals surface area (Å²) in [6, 6.07) is 0. The monoisotopic (exact) mass is 264 g/mol. The summed E-state index contributed by atoms with van der Waals surface area (Å²) in [4.78, 5) is 9.02. The van der Waals surface area contributed by atoms with E-state index in [0.717, 1.165) is 29.5 Å². The maximum atomic E-state index is 4.69. The Morgan fingerprint density at radius 3 is 2.78 bits per heavy atom. The largest absolute Gasteiger partial charge is 0.330 e. The smallest absolute Gasteiger partial charge is 0.113 e. The molecule has 0 atom stereocenters. The van der Waals surface area contributed by atoms with Gasteiger partial charge in [0.25, 0.3) is 0 Å². The zero-order chi connectivity index (χ0) is 13.2. The van der Waals surface area contributed by atoms with Crippen molar-refractivity contribution in [3.63, 3.8) is 0 Å². The van der Waals surface area contributed by atoms with Gasteiger partial charge in [0.05, 0.1) is 24.3 Å². The summed E-state index contributed by atoms with van der Waals surface area (Å²) in [5.74, 6) is 0. The first kappa shape index (κ1) is 13.2. The minimum absolute atomic E-state index is 0.126. The van der Waals surface area contributed by atoms with Crippen molar-refractivity contribution in [2.24, 2.45) is 0 Å². The molecule has 1 N–H and O–H groups in total. The summed E-state index contributed by atoms with van der Waals surface area (Å²) in [6.45, 7) is 8.17. The predicted molar refractivity (Wildman–Crippen MR) is 74.9 cm³/mol. The Bertz CT molecular complexity index is 507. The van der Waals surface area contributed by atoms with E-state index in [1.165, 1.54) is 0 Å². The van der Waals surface area contributed by atoms with Crippen LogP contribution in [0, 0.1) is 0 Å². The molecule has 98 valence electrons. The lowest BCUT2D eigenvalue weighted by atomic mass is 9.93. The third-order valence-corrected chi connectivity index (χ3v) is 3.52. The highest BCUT2D eigenvalue weighted by Gasteiger charge is 2.17. The molecule has 2 aromatic heterocycles. The minimum atomic E-state index is 0.126. The quantitative estimate of drug-likeness (QED) is 0.922. The molecule has 0 aromatic carbocycles. The molecular formula is C13H20N4S. The number of rotatable bonds is 4. The first-order valence-corrected chi connectivity index (χ1v) is 6.97. The van der Waals surface area contributed by atoms with Gasteiger partial charge in [-0.3, -0.25) is 0 Å². The highest BCUT2D eigenvalue weighted by atomic mass is 32.1. The molecule has 0 radical (unpaired) electrons. The van der Waals surface area contributed by atoms with Crippen LogP contribution in [-0.2, 0) is 18.5 Å². The Morgan fingerprint density at radius 1 is 1.39 bits per heavy atom. The molecule has 0 spiro atoms. The van der Waals surface area contributed by atoms with E-state index in [-0.39, 0.29) is 5.41 Å². The number of hydrogen-bond donors (Lipinski definition) is 1. The Hall–Kier alpha value is -1.20. The third kappa shape index (κ3) is 3.17. The SMILES string of the molecule is CNCc1cn(Cc2nc(C(C)(C)C)cs2)cn1. The first-order chi connectivity index (χ1) is 8.49. The zero-order valence-electron chi connectivity index (χ0n) is 11.4. The van der Waals surface area contributed by atoms with Crippen LogP contribution in [-0.4, -0.2) is 21.6 Å². The molecule has 5 heteroatoms. The fourth-order valence-corrected chi connectivity index (χ4v) is 2.68. The topological polar surface area (TPSA) is 42.7 Å². The third-order valence-electron chi connectivity index (χ3n) is 2.68. The van der Waals surface area contributed by atoms with Crippen molar-refractivity contribution in [1.29, 1.82) is 0 Å². The van der Waals surface area contributed by atoms with Crippen LogP contribution in [0.1, 0.15) is 37.2 Å². The summed E-state index contributed by atoms with van der Waals surface area (Å²) in [7, 11) is 1.93. The number of imidazole rings is 1. The fraction of sp³-hybridized carbons (Fsp3) is 0.538. The molecular weight excluding hydrogens is 244 g/mol. The summed E-state index contributed by atoms with van der Waals surface area (Å²) in [6.07, 6.45) is 3.93. The van der Waals surface area contributed by atoms with Gasteiger partial charge in [-0.05, 0) is 7.05 Å². The molecule has 0 amide bonds. The van der Waals surface area contributed by atoms with Gasteiger partial charge in [-0.15, -0.1) is 11.3 Å². The predicted octanol–water partition coefficient (Wildman–Crippen LogP) is 2.40. The van der Waals surface area contributed by atoms with E-state index in [2.05, 4.69) is 52.2 Å². The number of hydrogen-bond acceptors (Lipinski definition) is 4. The average molecular weight is 264 g/mol. The number of nitrogens with one attached hydrogen (secondary N) is 1. The summed E-state index contributed by atoms with van der Waals surface area (Å²) >= 11 is 1.72. The van der Waals surface area contributed by atoms with Gasteiger partial charge in [0.2, 0.25) is 0 Å². The zero-order valence-corrected chi connectivity index (χ0v) is 12.2. The van der Waals surface area contributed by atoms with Gasteiger partial charge < -0.3 is 9.88 Å². The van der Waals surface area contributed by atoms with Gasteiger partial charge in [-0.25, -0.2) is 9.97 Å². The van der Waals surface area contributed by atoms with Crippen LogP contribution in [0.15, 0.2) is 17.9 Å². The Balaban J connectivity index is 2.06. The summed E-state index contributed by atoms with van der Waals surface area (Å²) in [5.41, 5.74) is 2.35. The molecule has 2 heterocycles. The molecule has 0 unspecified atom stereocenters. The van der Waals surface area contributed by atoms with Crippen LogP contribution in [0.2, 0.25) is 0 Å². The Labute approximate surface area is 112 Å². The normalized spacial score (nSPS) is 12.0. The highest BCUT2D eigenvalue weighted by Crippen LogP contribution is 2.24. The summed E-state index contributed by atoms with van der Waals surface area (Å²) < 4.78 is 2.08. The molecule has 0 aliphatic rings. The van der Waals surface area contributed by atoms with Gasteiger partial charge in [0, 0.05) is 23.5 Å². The second kappa shape index (κ2) is 5.20. The second-order valence-electron chi connectivity index (χ2n) is 5.44. The van der Waals surface area contributed by atoms with Gasteiger partial charge in [-0.2, -0.15) is 0 Å². The highest BCUT2D eigenvalue weighted by molar-refractivity contribution is 7.09. The molecule has 2 aromatic rings. The molecule has 0 fully saturated rings. The number of thiazole rings is 1. The van der Waals surface area contributed by atoms with Crippen molar-refractivity contribution in [1.82, 2.24) is 19.9 Å². The van der Waals surface area contributed by atoms with E-state index in [0.29, 0.717) is 0 Å². The van der Waals surface area contributed by atoms with Crippen LogP contribution in [0.4, 0.5) is 0 Å². The van der Waals surface area contributed by atoms with Gasteiger partial charge in [-0.1, -0.05) is 20.8 Å². The number of nitrogens with zero attached hydrogens (tertiary/aromatic N) is 3. The van der Waals surface area contributed by atoms with E-state index in [9.17, 15) is 0 Å². The lowest BCUT2D eigenvalue weighted by Gasteiger charge is -2.14. The molecule has 0 saturated carbocycles. The van der Waals surface area contributed by atoms with Crippen molar-refractivity contribution in [2.75, 3.05) is 7.05 Å². The lowest BCUT2D eigenvalue weighted by molar-refractivity contribution is 0.569. The van der Waals surface area contributed by atoms with Crippen LogP contribution in [0.25, 0.3) is 0 Å². The summed E-state index contributed by atoms with van der Waals surface area (Å²) in [5, 5.41) is 6.38. The number of aromatic nitrogens is 3. The second-order valence-corrected chi connectivity index (χ2v) is 6.39. The Kier molecular flexibility index (Phi) is 3.82. The van der Waals surface area contributed by atoms with E-state index in [4.69, 9.17) is 0 Å². The van der Waals surface area contributed by atoms with Crippen LogP contribution in [0.5, 0.6) is 0 Å². The van der Waals surface area contributed by atoms with Crippen molar-refractivity contribution in [3.8, 4) is 0 Å². The van der Waals surface area contributed by atoms with E-state index < -0.39 is 0 Å². The van der Waals surface area contributed by atoms with Gasteiger partial charge in [0.15, 0.2) is 0 Å². The molecule has 4 nitrogen and oxygen atoms in total. The fourth-order valence-electron chi connectivity index (χ4n) is 1.65. The van der Waals surface area contributed by atoms with Crippen molar-refractivity contribution < 1.29 is 0 Å². The van der Waals surface area contributed by atoms with Crippen LogP contribution >= 0.6 is 11.3 Å². The molecule has 0 saturated heterocycles. The molecule has 0 aliphatic heterocycles.